The van der Waals surface area contributed by atoms with Gasteiger partial charge in [0, 0.05) is 36.9 Å². The van der Waals surface area contributed by atoms with Crippen LogP contribution in [0.1, 0.15) is 31.9 Å². The Bertz CT molecular complexity index is 1720. The first-order chi connectivity index (χ1) is 19.2. The molecular formula is C30H33N7O3. The van der Waals surface area contributed by atoms with Crippen LogP contribution in [0, 0.1) is 0 Å². The monoisotopic (exact) mass is 539 g/mol. The minimum absolute atomic E-state index is 0.00649. The average Bonchev–Trinajstić information content (AvgIpc) is 3.18. The SMILES string of the molecule is C=CCn1c(=O)c2cnc(Nc3ccc4c(c3)CN(C)CC4(C)C)nc2n1-c1ccc2c(c1)N(CC)C(=O)CO2. The normalized spacial score (nSPS) is 16.4. The third-order valence-electron chi connectivity index (χ3n) is 7.62. The number of anilines is 3. The van der Waals surface area contributed by atoms with Crippen LogP contribution in [0.25, 0.3) is 16.7 Å². The molecule has 1 amide bonds. The van der Waals surface area contributed by atoms with Crippen molar-refractivity contribution in [2.24, 2.45) is 0 Å². The molecule has 2 aromatic carbocycles. The van der Waals surface area contributed by atoms with Crippen molar-refractivity contribution in [2.45, 2.75) is 39.3 Å². The molecule has 0 saturated carbocycles. The molecule has 2 aliphatic heterocycles. The molecule has 40 heavy (non-hydrogen) atoms. The van der Waals surface area contributed by atoms with Crippen molar-refractivity contribution >= 4 is 34.3 Å². The van der Waals surface area contributed by atoms with E-state index in [0.717, 1.165) is 18.8 Å². The van der Waals surface area contributed by atoms with Gasteiger partial charge in [-0.1, -0.05) is 26.0 Å². The van der Waals surface area contributed by atoms with Crippen molar-refractivity contribution in [3.8, 4) is 11.4 Å². The van der Waals surface area contributed by atoms with E-state index in [1.165, 1.54) is 11.1 Å². The van der Waals surface area contributed by atoms with Gasteiger partial charge < -0.3 is 19.9 Å². The molecular weight excluding hydrogens is 506 g/mol. The van der Waals surface area contributed by atoms with E-state index in [0.29, 0.717) is 40.7 Å². The Balaban J connectivity index is 1.44. The Kier molecular flexibility index (Phi) is 6.22. The van der Waals surface area contributed by atoms with Crippen LogP contribution < -0.4 is 20.5 Å². The molecule has 2 aliphatic rings. The maximum absolute atomic E-state index is 13.4. The van der Waals surface area contributed by atoms with Gasteiger partial charge in [0.1, 0.15) is 11.1 Å². The van der Waals surface area contributed by atoms with E-state index in [4.69, 9.17) is 9.72 Å². The molecule has 6 rings (SSSR count). The zero-order valence-corrected chi connectivity index (χ0v) is 23.3. The Labute approximate surface area is 232 Å². The molecule has 0 spiro atoms. The van der Waals surface area contributed by atoms with E-state index in [9.17, 15) is 9.59 Å². The van der Waals surface area contributed by atoms with Crippen LogP contribution >= 0.6 is 0 Å². The van der Waals surface area contributed by atoms with Gasteiger partial charge in [0.05, 0.1) is 17.9 Å². The molecule has 0 atom stereocenters. The van der Waals surface area contributed by atoms with Crippen molar-refractivity contribution in [1.82, 2.24) is 24.2 Å². The summed E-state index contributed by atoms with van der Waals surface area (Å²) in [5.74, 6) is 0.894. The fourth-order valence-electron chi connectivity index (χ4n) is 6.01. The van der Waals surface area contributed by atoms with Gasteiger partial charge >= 0.3 is 0 Å². The highest BCUT2D eigenvalue weighted by molar-refractivity contribution is 5.98. The number of ether oxygens (including phenoxy) is 1. The topological polar surface area (TPSA) is 97.5 Å². The fraction of sp³-hybridized carbons (Fsp3) is 0.333. The fourth-order valence-corrected chi connectivity index (χ4v) is 6.01. The van der Waals surface area contributed by atoms with Crippen molar-refractivity contribution in [1.29, 1.82) is 0 Å². The summed E-state index contributed by atoms with van der Waals surface area (Å²) >= 11 is 0. The predicted octanol–water partition coefficient (Wildman–Crippen LogP) is 3.98. The first-order valence-corrected chi connectivity index (χ1v) is 13.5. The van der Waals surface area contributed by atoms with Gasteiger partial charge in [0.15, 0.2) is 12.3 Å². The van der Waals surface area contributed by atoms with Gasteiger partial charge in [0.2, 0.25) is 5.95 Å². The number of benzene rings is 2. The van der Waals surface area contributed by atoms with Gasteiger partial charge in [-0.25, -0.2) is 14.3 Å². The minimum Gasteiger partial charge on any atom is -0.482 e. The van der Waals surface area contributed by atoms with E-state index in [1.807, 2.05) is 25.1 Å². The largest absolute Gasteiger partial charge is 0.482 e. The second kappa shape index (κ2) is 9.63. The highest BCUT2D eigenvalue weighted by atomic mass is 16.5. The molecule has 0 saturated heterocycles. The van der Waals surface area contributed by atoms with Crippen molar-refractivity contribution in [3.63, 3.8) is 0 Å². The Morgan fingerprint density at radius 2 is 2.00 bits per heavy atom. The first kappa shape index (κ1) is 25.8. The smallest absolute Gasteiger partial charge is 0.278 e. The average molecular weight is 540 g/mol. The number of fused-ring (bicyclic) bond motifs is 3. The van der Waals surface area contributed by atoms with Gasteiger partial charge in [-0.3, -0.25) is 9.59 Å². The molecule has 4 aromatic rings. The van der Waals surface area contributed by atoms with Crippen LogP contribution in [0.15, 0.2) is 60.0 Å². The highest BCUT2D eigenvalue weighted by Gasteiger charge is 2.30. The van der Waals surface area contributed by atoms with Crippen LogP contribution in [0.3, 0.4) is 0 Å². The molecule has 0 radical (unpaired) electrons. The summed E-state index contributed by atoms with van der Waals surface area (Å²) in [6.45, 7) is 13.0. The van der Waals surface area contributed by atoms with Crippen molar-refractivity contribution < 1.29 is 9.53 Å². The summed E-state index contributed by atoms with van der Waals surface area (Å²) in [6.07, 6.45) is 3.22. The van der Waals surface area contributed by atoms with Crippen LogP contribution in [-0.4, -0.2) is 56.9 Å². The molecule has 206 valence electrons. The number of hydrogen-bond donors (Lipinski definition) is 1. The number of nitrogens with one attached hydrogen (secondary N) is 1. The lowest BCUT2D eigenvalue weighted by Gasteiger charge is -2.38. The van der Waals surface area contributed by atoms with E-state index in [-0.39, 0.29) is 30.0 Å². The quantitative estimate of drug-likeness (QED) is 0.370. The number of rotatable bonds is 6. The third-order valence-corrected chi connectivity index (χ3v) is 7.62. The van der Waals surface area contributed by atoms with Gasteiger partial charge in [-0.15, -0.1) is 6.58 Å². The number of carbonyl (C=O) groups is 1. The molecule has 0 aliphatic carbocycles. The van der Waals surface area contributed by atoms with Crippen LogP contribution in [0.2, 0.25) is 0 Å². The first-order valence-electron chi connectivity index (χ1n) is 13.5. The number of carbonyl (C=O) groups excluding carboxylic acids is 1. The van der Waals surface area contributed by atoms with Crippen LogP contribution in [0.5, 0.6) is 5.75 Å². The van der Waals surface area contributed by atoms with Gasteiger partial charge in [-0.2, -0.15) is 4.98 Å². The summed E-state index contributed by atoms with van der Waals surface area (Å²) in [7, 11) is 2.14. The summed E-state index contributed by atoms with van der Waals surface area (Å²) in [6, 6.07) is 11.9. The second-order valence-corrected chi connectivity index (χ2v) is 11.1. The Morgan fingerprint density at radius 3 is 2.77 bits per heavy atom. The molecule has 0 unspecified atom stereocenters. The van der Waals surface area contributed by atoms with Crippen LogP contribution in [0.4, 0.5) is 17.3 Å². The third kappa shape index (κ3) is 4.24. The predicted molar refractivity (Wildman–Crippen MR) is 156 cm³/mol. The van der Waals surface area contributed by atoms with Crippen molar-refractivity contribution in [3.05, 3.63) is 76.7 Å². The summed E-state index contributed by atoms with van der Waals surface area (Å²) in [5.41, 5.74) is 5.12. The molecule has 2 aromatic heterocycles. The van der Waals surface area contributed by atoms with E-state index in [1.54, 1.807) is 26.5 Å². The number of aromatic nitrogens is 4. The lowest BCUT2D eigenvalue weighted by atomic mass is 9.78. The van der Waals surface area contributed by atoms with Gasteiger partial charge in [-0.05, 0) is 55.4 Å². The highest BCUT2D eigenvalue weighted by Crippen LogP contribution is 2.36. The molecule has 0 fully saturated rings. The standard InChI is InChI=1S/C30H33N7O3/c1-6-12-36-28(39)22-15-31-29(32-20-8-10-23-19(13-20)16-34(5)18-30(23,3)4)33-27(22)37(36)21-9-11-25-24(14-21)35(7-2)26(38)17-40-25/h6,8-11,13-15H,1,7,12,16-18H2,2-5H3,(H,31,32,33). The summed E-state index contributed by atoms with van der Waals surface area (Å²) < 4.78 is 8.97. The molecule has 1 N–H and O–H groups in total. The van der Waals surface area contributed by atoms with Crippen molar-refractivity contribution in [2.75, 3.05) is 37.0 Å². The van der Waals surface area contributed by atoms with Crippen LogP contribution in [-0.2, 0) is 23.3 Å². The number of allylic oxidation sites excluding steroid dienone is 1. The molecule has 10 nitrogen and oxygen atoms in total. The van der Waals surface area contributed by atoms with E-state index in [2.05, 4.69) is 60.9 Å². The summed E-state index contributed by atoms with van der Waals surface area (Å²) in [4.78, 5) is 39.2. The lowest BCUT2D eigenvalue weighted by molar-refractivity contribution is -0.121. The Morgan fingerprint density at radius 1 is 1.18 bits per heavy atom. The Hall–Kier alpha value is -4.44. The van der Waals surface area contributed by atoms with E-state index < -0.39 is 0 Å². The minimum atomic E-state index is -0.224. The maximum atomic E-state index is 13.4. The summed E-state index contributed by atoms with van der Waals surface area (Å²) in [5, 5.41) is 3.73. The maximum Gasteiger partial charge on any atom is 0.278 e. The second-order valence-electron chi connectivity index (χ2n) is 11.1. The number of likely N-dealkylation sites (N-methyl/N-ethyl adjacent to an activating group) is 2. The molecule has 10 heteroatoms. The van der Waals surface area contributed by atoms with Gasteiger partial charge in [0.25, 0.3) is 11.5 Å². The lowest BCUT2D eigenvalue weighted by Crippen LogP contribution is -2.39. The number of hydrogen-bond acceptors (Lipinski definition) is 7. The van der Waals surface area contributed by atoms with E-state index >= 15 is 0 Å². The molecule has 4 heterocycles. The zero-order valence-electron chi connectivity index (χ0n) is 23.3. The zero-order chi connectivity index (χ0) is 28.2. The number of amides is 1. The number of nitrogens with zero attached hydrogens (tertiary/aromatic N) is 6. The molecule has 0 bridgehead atoms.